The molecule has 0 aliphatic carbocycles. The highest BCUT2D eigenvalue weighted by Gasteiger charge is 2.29. The molecule has 0 N–H and O–H groups in total. The summed E-state index contributed by atoms with van der Waals surface area (Å²) in [5.74, 6) is 1.15. The van der Waals surface area contributed by atoms with Crippen LogP contribution in [0.15, 0.2) is 41.3 Å². The quantitative estimate of drug-likeness (QED) is 0.640. The summed E-state index contributed by atoms with van der Waals surface area (Å²) < 4.78 is 28.9. The number of sulfonamides is 1. The third-order valence-corrected chi connectivity index (χ3v) is 7.23. The monoisotopic (exact) mass is 401 g/mol. The number of rotatable bonds is 5. The van der Waals surface area contributed by atoms with Gasteiger partial charge >= 0.3 is 0 Å². The fraction of sp³-hybridized carbons (Fsp3) is 0.444. The molecule has 4 rings (SSSR count). The number of hydrogen-bond donors (Lipinski definition) is 0. The van der Waals surface area contributed by atoms with Crippen molar-refractivity contribution in [3.8, 4) is 0 Å². The second kappa shape index (κ2) is 7.44. The van der Waals surface area contributed by atoms with Gasteiger partial charge in [0.25, 0.3) is 0 Å². The SMILES string of the molecule is CC[C@@H](C)c1ccc(S(=O)(=O)N2CCN(c3ccc4nnnn4n3)CC2)cc1. The smallest absolute Gasteiger partial charge is 0.243 e. The molecule has 0 saturated carbocycles. The minimum atomic E-state index is -3.49. The first kappa shape index (κ1) is 18.8. The third kappa shape index (κ3) is 3.45. The van der Waals surface area contributed by atoms with E-state index in [0.29, 0.717) is 42.6 Å². The van der Waals surface area contributed by atoms with Crippen molar-refractivity contribution in [1.29, 1.82) is 0 Å². The highest BCUT2D eigenvalue weighted by atomic mass is 32.2. The lowest BCUT2D eigenvalue weighted by Gasteiger charge is -2.34. The fourth-order valence-electron chi connectivity index (χ4n) is 3.32. The molecule has 0 bridgehead atoms. The molecule has 1 aliphatic heterocycles. The summed E-state index contributed by atoms with van der Waals surface area (Å²) in [5, 5.41) is 15.6. The van der Waals surface area contributed by atoms with Gasteiger partial charge in [-0.05, 0) is 52.6 Å². The van der Waals surface area contributed by atoms with Gasteiger partial charge in [-0.15, -0.1) is 14.8 Å². The lowest BCUT2D eigenvalue weighted by Crippen LogP contribution is -2.49. The summed E-state index contributed by atoms with van der Waals surface area (Å²) in [5.41, 5.74) is 1.74. The number of hydrogen-bond acceptors (Lipinski definition) is 7. The van der Waals surface area contributed by atoms with Crippen LogP contribution in [0.25, 0.3) is 5.65 Å². The van der Waals surface area contributed by atoms with Gasteiger partial charge < -0.3 is 4.90 Å². The number of fused-ring (bicyclic) bond motifs is 1. The van der Waals surface area contributed by atoms with Crippen LogP contribution in [0.5, 0.6) is 0 Å². The summed E-state index contributed by atoms with van der Waals surface area (Å²) in [7, 11) is -3.49. The van der Waals surface area contributed by atoms with Gasteiger partial charge in [-0.3, -0.25) is 0 Å². The largest absolute Gasteiger partial charge is 0.352 e. The molecule has 1 fully saturated rings. The normalized spacial score (nSPS) is 17.1. The van der Waals surface area contributed by atoms with Gasteiger partial charge in [0.1, 0.15) is 0 Å². The molecule has 0 unspecified atom stereocenters. The molecule has 3 heterocycles. The Morgan fingerprint density at radius 3 is 2.43 bits per heavy atom. The number of tetrazole rings is 1. The summed E-state index contributed by atoms with van der Waals surface area (Å²) >= 11 is 0. The first-order valence-electron chi connectivity index (χ1n) is 9.39. The van der Waals surface area contributed by atoms with E-state index in [0.717, 1.165) is 17.8 Å². The van der Waals surface area contributed by atoms with Crippen LogP contribution in [0.4, 0.5) is 5.82 Å². The standard InChI is InChI=1S/C18H23N7O2S/c1-3-14(2)15-4-6-16(7-5-15)28(26,27)24-12-10-23(11-13-24)18-9-8-17-19-21-22-25(17)20-18/h4-9,14H,3,10-13H2,1-2H3/t14-/m1/s1. The van der Waals surface area contributed by atoms with Gasteiger partial charge in [0.15, 0.2) is 11.5 Å². The predicted molar refractivity (Wildman–Crippen MR) is 105 cm³/mol. The van der Waals surface area contributed by atoms with E-state index in [9.17, 15) is 8.42 Å². The van der Waals surface area contributed by atoms with Gasteiger partial charge in [0.2, 0.25) is 10.0 Å². The van der Waals surface area contributed by atoms with Crippen molar-refractivity contribution in [2.75, 3.05) is 31.1 Å². The summed E-state index contributed by atoms with van der Waals surface area (Å²) in [6, 6.07) is 10.9. The van der Waals surface area contributed by atoms with E-state index in [1.807, 2.05) is 23.1 Å². The van der Waals surface area contributed by atoms with E-state index >= 15 is 0 Å². The van der Waals surface area contributed by atoms with Gasteiger partial charge in [-0.1, -0.05) is 26.0 Å². The molecule has 0 amide bonds. The van der Waals surface area contributed by atoms with Gasteiger partial charge in [-0.25, -0.2) is 8.42 Å². The number of nitrogens with zero attached hydrogens (tertiary/aromatic N) is 7. The topological polar surface area (TPSA) is 96.6 Å². The average molecular weight is 401 g/mol. The maximum Gasteiger partial charge on any atom is 0.243 e. The molecular weight excluding hydrogens is 378 g/mol. The van der Waals surface area contributed by atoms with E-state index in [4.69, 9.17) is 0 Å². The molecule has 3 aromatic rings. The molecule has 9 nitrogen and oxygen atoms in total. The summed E-state index contributed by atoms with van der Waals surface area (Å²) in [4.78, 5) is 2.39. The first-order valence-corrected chi connectivity index (χ1v) is 10.8. The molecule has 1 atom stereocenters. The number of anilines is 1. The molecule has 148 valence electrons. The van der Waals surface area contributed by atoms with Crippen LogP contribution >= 0.6 is 0 Å². The van der Waals surface area contributed by atoms with Gasteiger partial charge in [0.05, 0.1) is 4.90 Å². The predicted octanol–water partition coefficient (Wildman–Crippen LogP) is 1.54. The third-order valence-electron chi connectivity index (χ3n) is 5.32. The van der Waals surface area contributed by atoms with Gasteiger partial charge in [0, 0.05) is 26.2 Å². The minimum Gasteiger partial charge on any atom is -0.352 e. The lowest BCUT2D eigenvalue weighted by atomic mass is 9.99. The molecule has 1 saturated heterocycles. The summed E-state index contributed by atoms with van der Waals surface area (Å²) in [6.45, 7) is 6.20. The molecule has 0 radical (unpaired) electrons. The van der Waals surface area contributed by atoms with Crippen LogP contribution in [0.2, 0.25) is 0 Å². The molecule has 1 aliphatic rings. The van der Waals surface area contributed by atoms with Crippen molar-refractivity contribution in [2.45, 2.75) is 31.1 Å². The van der Waals surface area contributed by atoms with Crippen LogP contribution in [0, 0.1) is 0 Å². The van der Waals surface area contributed by atoms with Crippen LogP contribution < -0.4 is 4.90 Å². The lowest BCUT2D eigenvalue weighted by molar-refractivity contribution is 0.383. The zero-order valence-electron chi connectivity index (χ0n) is 15.9. The Hall–Kier alpha value is -2.59. The zero-order valence-corrected chi connectivity index (χ0v) is 16.7. The Morgan fingerprint density at radius 2 is 1.75 bits per heavy atom. The van der Waals surface area contributed by atoms with Crippen molar-refractivity contribution in [3.63, 3.8) is 0 Å². The molecule has 0 spiro atoms. The van der Waals surface area contributed by atoms with Crippen molar-refractivity contribution < 1.29 is 8.42 Å². The number of piperazine rings is 1. The minimum absolute atomic E-state index is 0.348. The molecular formula is C18H23N7O2S. The molecule has 1 aromatic carbocycles. The zero-order chi connectivity index (χ0) is 19.7. The second-order valence-corrected chi connectivity index (χ2v) is 8.93. The first-order chi connectivity index (χ1) is 13.5. The number of benzene rings is 1. The van der Waals surface area contributed by atoms with E-state index in [1.54, 1.807) is 18.2 Å². The van der Waals surface area contributed by atoms with E-state index < -0.39 is 10.0 Å². The van der Waals surface area contributed by atoms with Crippen molar-refractivity contribution in [3.05, 3.63) is 42.0 Å². The van der Waals surface area contributed by atoms with Crippen molar-refractivity contribution in [1.82, 2.24) is 29.6 Å². The maximum absolute atomic E-state index is 13.0. The van der Waals surface area contributed by atoms with Crippen LogP contribution in [0.1, 0.15) is 31.7 Å². The van der Waals surface area contributed by atoms with E-state index in [2.05, 4.69) is 34.5 Å². The van der Waals surface area contributed by atoms with Gasteiger partial charge in [-0.2, -0.15) is 4.31 Å². The van der Waals surface area contributed by atoms with Crippen LogP contribution in [-0.2, 0) is 10.0 Å². The van der Waals surface area contributed by atoms with Crippen molar-refractivity contribution in [2.24, 2.45) is 0 Å². The van der Waals surface area contributed by atoms with Crippen LogP contribution in [-0.4, -0.2) is 64.2 Å². The summed E-state index contributed by atoms with van der Waals surface area (Å²) in [6.07, 6.45) is 1.03. The van der Waals surface area contributed by atoms with E-state index in [-0.39, 0.29) is 0 Å². The Kier molecular flexibility index (Phi) is 4.98. The highest BCUT2D eigenvalue weighted by Crippen LogP contribution is 2.23. The molecule has 2 aromatic heterocycles. The second-order valence-electron chi connectivity index (χ2n) is 6.99. The maximum atomic E-state index is 13.0. The Balaban J connectivity index is 1.46. The highest BCUT2D eigenvalue weighted by molar-refractivity contribution is 7.89. The Bertz CT molecular complexity index is 1060. The fourth-order valence-corrected chi connectivity index (χ4v) is 4.74. The average Bonchev–Trinajstić information content (AvgIpc) is 3.21. The molecule has 28 heavy (non-hydrogen) atoms. The molecule has 10 heteroatoms. The van der Waals surface area contributed by atoms with Crippen LogP contribution in [0.3, 0.4) is 0 Å². The Morgan fingerprint density at radius 1 is 1.04 bits per heavy atom. The van der Waals surface area contributed by atoms with E-state index in [1.165, 1.54) is 8.94 Å². The number of aromatic nitrogens is 5. The Labute approximate surface area is 164 Å². The van der Waals surface area contributed by atoms with Crippen molar-refractivity contribution >= 4 is 21.5 Å².